The monoisotopic (exact) mass is 493 g/mol. The summed E-state index contributed by atoms with van der Waals surface area (Å²) in [6.45, 7) is 8.95. The van der Waals surface area contributed by atoms with Gasteiger partial charge in [0.25, 0.3) is 0 Å². The standard InChI is InChI=1S/C29H37N2O5/c1-29(2,3)36-28(32)31(4)11-10-30-16-25-20-9-8-19(33-5)13-22(20)24-15-27(35-7)26(34-6)14-23(24)21(25)12-18(30)17-31/h8-9,13-15,18H,10-12,16-17H2,1-7H3/q+1. The first-order valence-electron chi connectivity index (χ1n) is 12.6. The van der Waals surface area contributed by atoms with Crippen LogP contribution in [0, 0.1) is 0 Å². The second-order valence-corrected chi connectivity index (χ2v) is 11.2. The number of methoxy groups -OCH3 is 3. The van der Waals surface area contributed by atoms with E-state index in [0.29, 0.717) is 10.2 Å². The molecule has 0 N–H and O–H groups in total. The molecule has 0 radical (unpaired) electrons. The molecule has 7 heteroatoms. The van der Waals surface area contributed by atoms with Crippen LogP contribution in [-0.4, -0.2) is 75.1 Å². The molecule has 36 heavy (non-hydrogen) atoms. The van der Waals surface area contributed by atoms with Crippen molar-refractivity contribution in [1.82, 2.24) is 4.90 Å². The third-order valence-electron chi connectivity index (χ3n) is 7.70. The predicted octanol–water partition coefficient (Wildman–Crippen LogP) is 5.14. The molecule has 1 fully saturated rings. The molecule has 0 saturated carbocycles. The molecular formula is C29H37N2O5+. The number of hydrogen-bond acceptors (Lipinski definition) is 6. The molecule has 0 aromatic heterocycles. The van der Waals surface area contributed by atoms with E-state index in [0.717, 1.165) is 54.9 Å². The highest BCUT2D eigenvalue weighted by molar-refractivity contribution is 6.12. The first-order valence-corrected chi connectivity index (χ1v) is 12.6. The molecule has 5 rings (SSSR count). The fraction of sp³-hybridized carbons (Fsp3) is 0.483. The van der Waals surface area contributed by atoms with Gasteiger partial charge in [-0.05, 0) is 84.1 Å². The van der Waals surface area contributed by atoms with Crippen LogP contribution in [0.15, 0.2) is 30.3 Å². The van der Waals surface area contributed by atoms with E-state index in [1.807, 2.05) is 33.9 Å². The summed E-state index contributed by atoms with van der Waals surface area (Å²) in [6, 6.07) is 10.7. The third kappa shape index (κ3) is 4.14. The zero-order valence-electron chi connectivity index (χ0n) is 22.4. The normalized spacial score (nSPS) is 22.1. The minimum atomic E-state index is -0.500. The Morgan fingerprint density at radius 3 is 2.22 bits per heavy atom. The number of carbonyl (C=O) groups excluding carboxylic acids is 1. The minimum Gasteiger partial charge on any atom is -0.497 e. The van der Waals surface area contributed by atoms with Gasteiger partial charge in [0.15, 0.2) is 11.5 Å². The number of nitrogens with zero attached hydrogens (tertiary/aromatic N) is 2. The van der Waals surface area contributed by atoms with Crippen molar-refractivity contribution in [3.05, 3.63) is 41.5 Å². The molecule has 0 aliphatic carbocycles. The number of hydrogen-bond donors (Lipinski definition) is 0. The number of carbonyl (C=O) groups is 1. The topological polar surface area (TPSA) is 57.2 Å². The summed E-state index contributed by atoms with van der Waals surface area (Å²) in [7, 11) is 7.05. The van der Waals surface area contributed by atoms with Crippen molar-refractivity contribution in [2.75, 3.05) is 48.0 Å². The summed E-state index contributed by atoms with van der Waals surface area (Å²) in [4.78, 5) is 15.7. The Bertz CT molecular complexity index is 1350. The Kier molecular flexibility index (Phi) is 6.04. The summed E-state index contributed by atoms with van der Waals surface area (Å²) < 4.78 is 23.0. The molecule has 1 saturated heterocycles. The third-order valence-corrected chi connectivity index (χ3v) is 7.70. The van der Waals surface area contributed by atoms with E-state index in [1.54, 1.807) is 21.3 Å². The predicted molar refractivity (Wildman–Crippen MR) is 141 cm³/mol. The van der Waals surface area contributed by atoms with Crippen LogP contribution in [-0.2, 0) is 17.7 Å². The lowest BCUT2D eigenvalue weighted by molar-refractivity contribution is -0.847. The Labute approximate surface area is 213 Å². The van der Waals surface area contributed by atoms with Crippen molar-refractivity contribution in [1.29, 1.82) is 0 Å². The molecule has 2 aliphatic heterocycles. The Hall–Kier alpha value is -3.03. The van der Waals surface area contributed by atoms with Crippen LogP contribution >= 0.6 is 0 Å². The fourth-order valence-corrected chi connectivity index (χ4v) is 5.81. The maximum absolute atomic E-state index is 13.1. The zero-order chi connectivity index (χ0) is 25.8. The second kappa shape index (κ2) is 8.82. The van der Waals surface area contributed by atoms with Gasteiger partial charge in [-0.25, -0.2) is 4.48 Å². The smallest absolute Gasteiger partial charge is 0.497 e. The summed E-state index contributed by atoms with van der Waals surface area (Å²) in [5, 5.41) is 4.67. The number of fused-ring (bicyclic) bond motifs is 7. The van der Waals surface area contributed by atoms with Gasteiger partial charge in [0.05, 0.1) is 34.4 Å². The lowest BCUT2D eigenvalue weighted by Crippen LogP contribution is -2.65. The van der Waals surface area contributed by atoms with Crippen molar-refractivity contribution in [2.24, 2.45) is 0 Å². The van der Waals surface area contributed by atoms with E-state index in [2.05, 4.69) is 29.2 Å². The van der Waals surface area contributed by atoms with Gasteiger partial charge in [0.2, 0.25) is 0 Å². The van der Waals surface area contributed by atoms with Gasteiger partial charge in [-0.3, -0.25) is 4.90 Å². The number of ether oxygens (including phenoxy) is 4. The fourth-order valence-electron chi connectivity index (χ4n) is 5.81. The van der Waals surface area contributed by atoms with Gasteiger partial charge in [0, 0.05) is 13.1 Å². The summed E-state index contributed by atoms with van der Waals surface area (Å²) >= 11 is 0. The van der Waals surface area contributed by atoms with Crippen LogP contribution in [0.2, 0.25) is 0 Å². The highest BCUT2D eigenvalue weighted by Gasteiger charge is 2.46. The molecule has 1 amide bonds. The van der Waals surface area contributed by atoms with E-state index in [-0.39, 0.29) is 12.1 Å². The first kappa shape index (κ1) is 24.7. The van der Waals surface area contributed by atoms with Crippen molar-refractivity contribution in [2.45, 2.75) is 45.4 Å². The molecule has 192 valence electrons. The molecule has 2 aliphatic rings. The van der Waals surface area contributed by atoms with Gasteiger partial charge < -0.3 is 18.9 Å². The quantitative estimate of drug-likeness (QED) is 0.372. The average molecular weight is 494 g/mol. The van der Waals surface area contributed by atoms with Gasteiger partial charge in [-0.15, -0.1) is 0 Å². The number of amides is 1. The van der Waals surface area contributed by atoms with Crippen molar-refractivity contribution in [3.63, 3.8) is 0 Å². The first-order chi connectivity index (χ1) is 17.1. The highest BCUT2D eigenvalue weighted by Crippen LogP contribution is 2.43. The number of likely N-dealkylation sites (N-methyl/N-ethyl adjacent to an activating group) is 1. The number of rotatable bonds is 3. The van der Waals surface area contributed by atoms with E-state index >= 15 is 0 Å². The molecule has 3 aromatic carbocycles. The van der Waals surface area contributed by atoms with Crippen molar-refractivity contribution < 1.29 is 28.2 Å². The van der Waals surface area contributed by atoms with Gasteiger partial charge in [0.1, 0.15) is 24.4 Å². The van der Waals surface area contributed by atoms with E-state index in [1.165, 1.54) is 21.9 Å². The van der Waals surface area contributed by atoms with Crippen molar-refractivity contribution >= 4 is 27.6 Å². The molecule has 2 heterocycles. The molecule has 7 nitrogen and oxygen atoms in total. The highest BCUT2D eigenvalue weighted by atomic mass is 16.6. The molecule has 3 aromatic rings. The molecular weight excluding hydrogens is 456 g/mol. The summed E-state index contributed by atoms with van der Waals surface area (Å²) in [5.74, 6) is 2.25. The summed E-state index contributed by atoms with van der Waals surface area (Å²) in [5.41, 5.74) is 2.17. The molecule has 0 spiro atoms. The minimum absolute atomic E-state index is 0.144. The van der Waals surface area contributed by atoms with Crippen LogP contribution in [0.1, 0.15) is 31.9 Å². The average Bonchev–Trinajstić information content (AvgIpc) is 2.85. The number of benzene rings is 3. The molecule has 2 unspecified atom stereocenters. The van der Waals surface area contributed by atoms with Crippen LogP contribution < -0.4 is 14.2 Å². The number of piperazine rings is 1. The van der Waals surface area contributed by atoms with E-state index in [4.69, 9.17) is 18.9 Å². The second-order valence-electron chi connectivity index (χ2n) is 11.2. The maximum atomic E-state index is 13.1. The lowest BCUT2D eigenvalue weighted by atomic mass is 9.84. The van der Waals surface area contributed by atoms with Crippen LogP contribution in [0.4, 0.5) is 4.79 Å². The van der Waals surface area contributed by atoms with Gasteiger partial charge >= 0.3 is 6.09 Å². The largest absolute Gasteiger partial charge is 0.516 e. The van der Waals surface area contributed by atoms with E-state index in [9.17, 15) is 4.79 Å². The zero-order valence-corrected chi connectivity index (χ0v) is 22.4. The van der Waals surface area contributed by atoms with Crippen LogP contribution in [0.3, 0.4) is 0 Å². The maximum Gasteiger partial charge on any atom is 0.516 e. The Morgan fingerprint density at radius 2 is 1.58 bits per heavy atom. The Morgan fingerprint density at radius 1 is 0.917 bits per heavy atom. The van der Waals surface area contributed by atoms with Gasteiger partial charge in [-0.1, -0.05) is 6.07 Å². The van der Waals surface area contributed by atoms with E-state index < -0.39 is 5.60 Å². The van der Waals surface area contributed by atoms with Crippen LogP contribution in [0.5, 0.6) is 17.2 Å². The summed E-state index contributed by atoms with van der Waals surface area (Å²) in [6.07, 6.45) is 0.717. The van der Waals surface area contributed by atoms with Gasteiger partial charge in [-0.2, -0.15) is 4.79 Å². The SMILES string of the molecule is COc1ccc2c3c(c4cc(OC)c(OC)cc4c2c1)CC1C[N+](C)(C(=O)OC(C)(C)C)CCN1C3. The molecule has 0 bridgehead atoms. The van der Waals surface area contributed by atoms with Crippen molar-refractivity contribution in [3.8, 4) is 17.2 Å². The van der Waals surface area contributed by atoms with Crippen LogP contribution in [0.25, 0.3) is 21.5 Å². The Balaban J connectivity index is 1.64. The lowest BCUT2D eigenvalue weighted by Gasteiger charge is -2.47. The number of quaternary nitrogens is 1. The molecule has 2 atom stereocenters.